The summed E-state index contributed by atoms with van der Waals surface area (Å²) in [7, 11) is -3.27. The fourth-order valence-corrected chi connectivity index (χ4v) is 4.19. The minimum absolute atomic E-state index is 0.170. The quantitative estimate of drug-likeness (QED) is 0.585. The van der Waals surface area contributed by atoms with Gasteiger partial charge in [-0.3, -0.25) is 4.79 Å². The van der Waals surface area contributed by atoms with Gasteiger partial charge in [-0.05, 0) is 43.2 Å². The van der Waals surface area contributed by atoms with Crippen LogP contribution in [-0.2, 0) is 21.1 Å². The number of ether oxygens (including phenoxy) is 1. The fourth-order valence-electron chi connectivity index (χ4n) is 2.96. The minimum Gasteiger partial charge on any atom is -0.489 e. The van der Waals surface area contributed by atoms with E-state index in [9.17, 15) is 18.0 Å². The van der Waals surface area contributed by atoms with E-state index < -0.39 is 27.4 Å². The van der Waals surface area contributed by atoms with Crippen LogP contribution in [0.2, 0.25) is 0 Å². The molecule has 2 heterocycles. The third kappa shape index (κ3) is 4.51. The summed E-state index contributed by atoms with van der Waals surface area (Å²) in [5.74, 6) is -0.0579. The molecule has 1 aliphatic rings. The van der Waals surface area contributed by atoms with Gasteiger partial charge in [-0.1, -0.05) is 6.58 Å². The molecule has 0 spiro atoms. The van der Waals surface area contributed by atoms with E-state index in [-0.39, 0.29) is 17.7 Å². The van der Waals surface area contributed by atoms with Crippen LogP contribution in [0.5, 0.6) is 5.75 Å². The molecule has 28 heavy (non-hydrogen) atoms. The van der Waals surface area contributed by atoms with E-state index in [1.54, 1.807) is 25.1 Å². The molecule has 1 N–H and O–H groups in total. The van der Waals surface area contributed by atoms with Crippen molar-refractivity contribution in [1.29, 1.82) is 0 Å². The molecule has 1 aromatic carbocycles. The number of fused-ring (bicyclic) bond motifs is 1. The summed E-state index contributed by atoms with van der Waals surface area (Å²) in [6, 6.07) is 4.58. The molecule has 0 fully saturated rings. The Bertz CT molecular complexity index is 1140. The molecule has 1 aliphatic heterocycles. The Hall–Kier alpha value is -2.87. The second-order valence-electron chi connectivity index (χ2n) is 6.91. The molecule has 1 atom stereocenters. The van der Waals surface area contributed by atoms with Gasteiger partial charge in [0.15, 0.2) is 9.84 Å². The average Bonchev–Trinajstić information content (AvgIpc) is 2.94. The lowest BCUT2D eigenvalue weighted by molar-refractivity contribution is -0.120. The van der Waals surface area contributed by atoms with Crippen molar-refractivity contribution in [2.24, 2.45) is 0 Å². The molecule has 0 saturated carbocycles. The summed E-state index contributed by atoms with van der Waals surface area (Å²) in [5.41, 5.74) is 1.51. The van der Waals surface area contributed by atoms with Crippen LogP contribution in [0, 0.1) is 6.92 Å². The first-order valence-corrected chi connectivity index (χ1v) is 10.4. The van der Waals surface area contributed by atoms with E-state index in [0.717, 1.165) is 11.0 Å². The summed E-state index contributed by atoms with van der Waals surface area (Å²) in [4.78, 5) is 24.7. The molecule has 3 rings (SSSR count). The van der Waals surface area contributed by atoms with Gasteiger partial charge in [0.2, 0.25) is 5.91 Å². The van der Waals surface area contributed by atoms with Gasteiger partial charge in [0, 0.05) is 16.9 Å². The predicted octanol–water partition coefficient (Wildman–Crippen LogP) is 2.03. The highest BCUT2D eigenvalue weighted by Crippen LogP contribution is 2.24. The number of benzene rings is 1. The standard InChI is InChI=1S/C20H21NO6S/c1-12(2)10-26-15-4-5-16-13(3)17(20(23)27-18(16)8-15)9-19(22)21-14-6-7-28(24,25)11-14/h4-8,14H,1,9-11H2,2-3H3,(H,21,22)/t14-/m0/s1. The lowest BCUT2D eigenvalue weighted by Gasteiger charge is -2.12. The van der Waals surface area contributed by atoms with Crippen LogP contribution < -0.4 is 15.7 Å². The fraction of sp³-hybridized carbons (Fsp3) is 0.300. The van der Waals surface area contributed by atoms with Crippen molar-refractivity contribution in [1.82, 2.24) is 5.32 Å². The summed E-state index contributed by atoms with van der Waals surface area (Å²) in [5, 5.41) is 4.39. The number of rotatable bonds is 6. The Balaban J connectivity index is 1.81. The van der Waals surface area contributed by atoms with Gasteiger partial charge in [0.25, 0.3) is 0 Å². The second-order valence-corrected chi connectivity index (χ2v) is 8.84. The number of hydrogen-bond acceptors (Lipinski definition) is 6. The van der Waals surface area contributed by atoms with Gasteiger partial charge in [-0.15, -0.1) is 0 Å². The van der Waals surface area contributed by atoms with Gasteiger partial charge in [0.05, 0.1) is 23.8 Å². The van der Waals surface area contributed by atoms with Crippen molar-refractivity contribution in [3.63, 3.8) is 0 Å². The number of aryl methyl sites for hydroxylation is 1. The van der Waals surface area contributed by atoms with Gasteiger partial charge in [0.1, 0.15) is 17.9 Å². The highest BCUT2D eigenvalue weighted by atomic mass is 32.2. The smallest absolute Gasteiger partial charge is 0.340 e. The number of nitrogens with one attached hydrogen (secondary N) is 1. The van der Waals surface area contributed by atoms with Crippen molar-refractivity contribution >= 4 is 26.7 Å². The lowest BCUT2D eigenvalue weighted by atomic mass is 10.0. The Labute approximate surface area is 162 Å². The zero-order valence-corrected chi connectivity index (χ0v) is 16.5. The normalized spacial score (nSPS) is 17.6. The zero-order valence-electron chi connectivity index (χ0n) is 15.7. The van der Waals surface area contributed by atoms with E-state index >= 15 is 0 Å². The van der Waals surface area contributed by atoms with E-state index in [1.165, 1.54) is 6.08 Å². The first-order chi connectivity index (χ1) is 13.1. The van der Waals surface area contributed by atoms with Crippen LogP contribution in [0.1, 0.15) is 18.1 Å². The molecule has 0 saturated heterocycles. The lowest BCUT2D eigenvalue weighted by Crippen LogP contribution is -2.37. The third-order valence-corrected chi connectivity index (χ3v) is 5.75. The maximum absolute atomic E-state index is 12.4. The Morgan fingerprint density at radius 3 is 2.79 bits per heavy atom. The molecule has 1 aromatic heterocycles. The molecular formula is C20H21NO6S. The monoisotopic (exact) mass is 403 g/mol. The molecule has 8 heteroatoms. The van der Waals surface area contributed by atoms with E-state index in [2.05, 4.69) is 11.9 Å². The van der Waals surface area contributed by atoms with Crippen LogP contribution in [0.25, 0.3) is 11.0 Å². The number of hydrogen-bond donors (Lipinski definition) is 1. The first-order valence-electron chi connectivity index (χ1n) is 8.68. The van der Waals surface area contributed by atoms with Crippen LogP contribution >= 0.6 is 0 Å². The van der Waals surface area contributed by atoms with Gasteiger partial charge in [-0.2, -0.15) is 0 Å². The third-order valence-electron chi connectivity index (χ3n) is 4.36. The molecular weight excluding hydrogens is 382 g/mol. The average molecular weight is 403 g/mol. The maximum atomic E-state index is 12.4. The number of sulfone groups is 1. The topological polar surface area (TPSA) is 103 Å². The minimum atomic E-state index is -3.27. The summed E-state index contributed by atoms with van der Waals surface area (Å²) >= 11 is 0. The summed E-state index contributed by atoms with van der Waals surface area (Å²) in [6.07, 6.45) is 1.23. The largest absolute Gasteiger partial charge is 0.489 e. The molecule has 148 valence electrons. The van der Waals surface area contributed by atoms with Crippen LogP contribution in [0.15, 0.2) is 51.0 Å². The Morgan fingerprint density at radius 2 is 2.14 bits per heavy atom. The predicted molar refractivity (Wildman–Crippen MR) is 106 cm³/mol. The Morgan fingerprint density at radius 1 is 1.39 bits per heavy atom. The maximum Gasteiger partial charge on any atom is 0.340 e. The van der Waals surface area contributed by atoms with Gasteiger partial charge in [-0.25, -0.2) is 13.2 Å². The van der Waals surface area contributed by atoms with Gasteiger partial charge < -0.3 is 14.5 Å². The van der Waals surface area contributed by atoms with Crippen LogP contribution in [0.3, 0.4) is 0 Å². The first kappa shape index (κ1) is 19.9. The SMILES string of the molecule is C=C(C)COc1ccc2c(C)c(CC(=O)N[C@H]3C=CS(=O)(=O)C3)c(=O)oc2c1. The van der Waals surface area contributed by atoms with Crippen molar-refractivity contribution in [2.45, 2.75) is 26.3 Å². The van der Waals surface area contributed by atoms with Crippen LogP contribution in [-0.4, -0.2) is 32.7 Å². The van der Waals surface area contributed by atoms with Crippen molar-refractivity contribution in [2.75, 3.05) is 12.4 Å². The molecule has 0 unspecified atom stereocenters. The Kier molecular flexibility index (Phi) is 5.42. The molecule has 0 radical (unpaired) electrons. The zero-order chi connectivity index (χ0) is 20.5. The second kappa shape index (κ2) is 7.63. The van der Waals surface area contributed by atoms with Crippen molar-refractivity contribution in [3.05, 3.63) is 63.4 Å². The summed E-state index contributed by atoms with van der Waals surface area (Å²) < 4.78 is 33.8. The van der Waals surface area contributed by atoms with Crippen molar-refractivity contribution in [3.8, 4) is 5.75 Å². The highest BCUT2D eigenvalue weighted by Gasteiger charge is 2.24. The molecule has 7 nitrogen and oxygen atoms in total. The van der Waals surface area contributed by atoms with E-state index in [4.69, 9.17) is 9.15 Å². The number of carbonyl (C=O) groups is 1. The summed E-state index contributed by atoms with van der Waals surface area (Å²) in [6.45, 7) is 7.72. The van der Waals surface area contributed by atoms with E-state index in [0.29, 0.717) is 28.9 Å². The number of carbonyl (C=O) groups excluding carboxylic acids is 1. The molecule has 2 aromatic rings. The van der Waals surface area contributed by atoms with E-state index in [1.807, 2.05) is 6.92 Å². The van der Waals surface area contributed by atoms with Crippen molar-refractivity contribution < 1.29 is 22.4 Å². The van der Waals surface area contributed by atoms with Crippen LogP contribution in [0.4, 0.5) is 0 Å². The molecule has 0 aliphatic carbocycles. The molecule has 1 amide bonds. The number of amides is 1. The van der Waals surface area contributed by atoms with Gasteiger partial charge >= 0.3 is 5.63 Å². The molecule has 0 bridgehead atoms. The highest BCUT2D eigenvalue weighted by molar-refractivity contribution is 7.94.